The van der Waals surface area contributed by atoms with E-state index in [9.17, 15) is 4.79 Å². The highest BCUT2D eigenvalue weighted by Crippen LogP contribution is 2.24. The highest BCUT2D eigenvalue weighted by molar-refractivity contribution is 6.04. The fourth-order valence-corrected chi connectivity index (χ4v) is 3.79. The molecule has 5 heteroatoms. The topological polar surface area (TPSA) is 44.8 Å². The van der Waals surface area contributed by atoms with E-state index in [2.05, 4.69) is 41.3 Å². The quantitative estimate of drug-likeness (QED) is 0.610. The van der Waals surface area contributed by atoms with Crippen molar-refractivity contribution in [2.24, 2.45) is 0 Å². The molecule has 160 valence electrons. The molecule has 1 saturated heterocycles. The van der Waals surface area contributed by atoms with Crippen molar-refractivity contribution in [1.82, 2.24) is 4.90 Å². The van der Waals surface area contributed by atoms with Crippen LogP contribution >= 0.6 is 0 Å². The van der Waals surface area contributed by atoms with Crippen LogP contribution in [0.15, 0.2) is 78.9 Å². The third-order valence-electron chi connectivity index (χ3n) is 5.75. The molecule has 5 nitrogen and oxygen atoms in total. The SMILES string of the molecule is CN(C)C1CCN(c2ccc(NC(=O)c3ccc(COc4ccccc4)cc3)cc2)C1. The van der Waals surface area contributed by atoms with Gasteiger partial charge in [-0.25, -0.2) is 0 Å². The van der Waals surface area contributed by atoms with Gasteiger partial charge < -0.3 is 19.9 Å². The summed E-state index contributed by atoms with van der Waals surface area (Å²) in [6.45, 7) is 2.58. The number of carbonyl (C=O) groups is 1. The van der Waals surface area contributed by atoms with Crippen molar-refractivity contribution < 1.29 is 9.53 Å². The Labute approximate surface area is 184 Å². The Kier molecular flexibility index (Phi) is 6.53. The number of nitrogens with one attached hydrogen (secondary N) is 1. The number of anilines is 2. The molecule has 1 heterocycles. The van der Waals surface area contributed by atoms with Gasteiger partial charge in [-0.05, 0) is 74.6 Å². The van der Waals surface area contributed by atoms with Crippen LogP contribution in [-0.2, 0) is 6.61 Å². The van der Waals surface area contributed by atoms with Crippen molar-refractivity contribution in [1.29, 1.82) is 0 Å². The van der Waals surface area contributed by atoms with Crippen LogP contribution in [0.3, 0.4) is 0 Å². The first-order valence-electron chi connectivity index (χ1n) is 10.7. The van der Waals surface area contributed by atoms with Gasteiger partial charge in [0.05, 0.1) is 0 Å². The number of amides is 1. The molecule has 1 aliphatic rings. The summed E-state index contributed by atoms with van der Waals surface area (Å²) in [5, 5.41) is 2.98. The van der Waals surface area contributed by atoms with Crippen molar-refractivity contribution in [3.05, 3.63) is 90.0 Å². The van der Waals surface area contributed by atoms with Gasteiger partial charge in [-0.1, -0.05) is 30.3 Å². The van der Waals surface area contributed by atoms with Gasteiger partial charge in [0.15, 0.2) is 0 Å². The van der Waals surface area contributed by atoms with E-state index in [0.29, 0.717) is 18.2 Å². The minimum atomic E-state index is -0.114. The first kappa shape index (κ1) is 20.9. The van der Waals surface area contributed by atoms with Gasteiger partial charge in [0.25, 0.3) is 5.91 Å². The van der Waals surface area contributed by atoms with Crippen molar-refractivity contribution >= 4 is 17.3 Å². The predicted octanol–water partition coefficient (Wildman–Crippen LogP) is 4.66. The van der Waals surface area contributed by atoms with Crippen molar-refractivity contribution in [3.8, 4) is 5.75 Å². The Hall–Kier alpha value is -3.31. The summed E-state index contributed by atoms with van der Waals surface area (Å²) in [4.78, 5) is 17.3. The van der Waals surface area contributed by atoms with E-state index in [4.69, 9.17) is 4.74 Å². The molecule has 0 saturated carbocycles. The summed E-state index contributed by atoms with van der Waals surface area (Å²) in [6.07, 6.45) is 1.18. The number of para-hydroxylation sites is 1. The van der Waals surface area contributed by atoms with Crippen LogP contribution in [-0.4, -0.2) is 44.0 Å². The molecule has 1 atom stereocenters. The van der Waals surface area contributed by atoms with Crippen molar-refractivity contribution in [2.45, 2.75) is 19.1 Å². The zero-order valence-corrected chi connectivity index (χ0v) is 18.1. The van der Waals surface area contributed by atoms with E-state index in [1.807, 2.05) is 66.7 Å². The molecule has 3 aromatic carbocycles. The monoisotopic (exact) mass is 415 g/mol. The first-order valence-corrected chi connectivity index (χ1v) is 10.7. The van der Waals surface area contributed by atoms with Crippen LogP contribution in [0.2, 0.25) is 0 Å². The van der Waals surface area contributed by atoms with Crippen LogP contribution in [0, 0.1) is 0 Å². The molecule has 0 bridgehead atoms. The average molecular weight is 416 g/mol. The molecule has 0 aromatic heterocycles. The van der Waals surface area contributed by atoms with Crippen LogP contribution in [0.4, 0.5) is 11.4 Å². The average Bonchev–Trinajstić information content (AvgIpc) is 3.30. The number of ether oxygens (including phenoxy) is 1. The highest BCUT2D eigenvalue weighted by atomic mass is 16.5. The van der Waals surface area contributed by atoms with Crippen LogP contribution < -0.4 is 15.0 Å². The number of nitrogens with zero attached hydrogens (tertiary/aromatic N) is 2. The second-order valence-corrected chi connectivity index (χ2v) is 8.15. The van der Waals surface area contributed by atoms with E-state index in [1.165, 1.54) is 12.1 Å². The molecule has 1 fully saturated rings. The zero-order chi connectivity index (χ0) is 21.6. The second kappa shape index (κ2) is 9.67. The standard InChI is InChI=1S/C26H29N3O2/c1-28(2)24-16-17-29(18-24)23-14-12-22(13-15-23)27-26(30)21-10-8-20(9-11-21)19-31-25-6-4-3-5-7-25/h3-15,24H,16-19H2,1-2H3,(H,27,30). The maximum atomic E-state index is 12.6. The molecule has 1 aliphatic heterocycles. The molecule has 0 aliphatic carbocycles. The maximum absolute atomic E-state index is 12.6. The van der Waals surface area contributed by atoms with E-state index in [-0.39, 0.29) is 5.91 Å². The summed E-state index contributed by atoms with van der Waals surface area (Å²) in [6, 6.07) is 25.9. The largest absolute Gasteiger partial charge is 0.489 e. The molecular formula is C26H29N3O2. The molecule has 3 aromatic rings. The predicted molar refractivity (Wildman–Crippen MR) is 126 cm³/mol. The summed E-state index contributed by atoms with van der Waals surface area (Å²) in [5.74, 6) is 0.719. The number of hydrogen-bond acceptors (Lipinski definition) is 4. The Morgan fingerprint density at radius 3 is 2.35 bits per heavy atom. The van der Waals surface area contributed by atoms with Crippen LogP contribution in [0.5, 0.6) is 5.75 Å². The van der Waals surface area contributed by atoms with Gasteiger partial charge >= 0.3 is 0 Å². The van der Waals surface area contributed by atoms with Crippen LogP contribution in [0.25, 0.3) is 0 Å². The Bertz CT molecular complexity index is 985. The Morgan fingerprint density at radius 2 is 1.71 bits per heavy atom. The Balaban J connectivity index is 1.31. The molecule has 4 rings (SSSR count). The van der Waals surface area contributed by atoms with E-state index in [1.54, 1.807) is 0 Å². The van der Waals surface area contributed by atoms with E-state index in [0.717, 1.165) is 30.1 Å². The number of carbonyl (C=O) groups excluding carboxylic acids is 1. The highest BCUT2D eigenvalue weighted by Gasteiger charge is 2.23. The third kappa shape index (κ3) is 5.44. The van der Waals surface area contributed by atoms with Gasteiger partial charge in [-0.15, -0.1) is 0 Å². The fraction of sp³-hybridized carbons (Fsp3) is 0.269. The molecule has 1 amide bonds. The molecule has 1 N–H and O–H groups in total. The molecule has 31 heavy (non-hydrogen) atoms. The number of hydrogen-bond donors (Lipinski definition) is 1. The lowest BCUT2D eigenvalue weighted by Crippen LogP contribution is -2.31. The molecule has 1 unspecified atom stereocenters. The van der Waals surface area contributed by atoms with Crippen LogP contribution in [0.1, 0.15) is 22.3 Å². The second-order valence-electron chi connectivity index (χ2n) is 8.15. The zero-order valence-electron chi connectivity index (χ0n) is 18.1. The molecular weight excluding hydrogens is 386 g/mol. The number of likely N-dealkylation sites (N-methyl/N-ethyl adjacent to an activating group) is 1. The number of rotatable bonds is 7. The van der Waals surface area contributed by atoms with Crippen molar-refractivity contribution in [3.63, 3.8) is 0 Å². The van der Waals surface area contributed by atoms with Gasteiger partial charge in [-0.2, -0.15) is 0 Å². The summed E-state index contributed by atoms with van der Waals surface area (Å²) in [5.41, 5.74) is 3.64. The smallest absolute Gasteiger partial charge is 0.255 e. The Morgan fingerprint density at radius 1 is 1.00 bits per heavy atom. The lowest BCUT2D eigenvalue weighted by atomic mass is 10.1. The number of benzene rings is 3. The van der Waals surface area contributed by atoms with Gasteiger partial charge in [-0.3, -0.25) is 4.79 Å². The lowest BCUT2D eigenvalue weighted by Gasteiger charge is -2.22. The minimum absolute atomic E-state index is 0.114. The fourth-order valence-electron chi connectivity index (χ4n) is 3.79. The third-order valence-corrected chi connectivity index (χ3v) is 5.75. The molecule has 0 spiro atoms. The van der Waals surface area contributed by atoms with E-state index >= 15 is 0 Å². The summed E-state index contributed by atoms with van der Waals surface area (Å²) < 4.78 is 5.75. The van der Waals surface area contributed by atoms with Gasteiger partial charge in [0.1, 0.15) is 12.4 Å². The molecule has 0 radical (unpaired) electrons. The maximum Gasteiger partial charge on any atom is 0.255 e. The summed E-state index contributed by atoms with van der Waals surface area (Å²) >= 11 is 0. The van der Waals surface area contributed by atoms with Gasteiger partial charge in [0, 0.05) is 36.1 Å². The minimum Gasteiger partial charge on any atom is -0.489 e. The van der Waals surface area contributed by atoms with Crippen molar-refractivity contribution in [2.75, 3.05) is 37.4 Å². The summed E-state index contributed by atoms with van der Waals surface area (Å²) in [7, 11) is 4.27. The normalized spacial score (nSPS) is 15.8. The van der Waals surface area contributed by atoms with E-state index < -0.39 is 0 Å². The van der Waals surface area contributed by atoms with Gasteiger partial charge in [0.2, 0.25) is 0 Å². The first-order chi connectivity index (χ1) is 15.1. The lowest BCUT2D eigenvalue weighted by molar-refractivity contribution is 0.102.